The van der Waals surface area contributed by atoms with Crippen LogP contribution in [0.25, 0.3) is 89.5 Å². The number of pyridine rings is 4. The zero-order chi connectivity index (χ0) is 77.5. The molecule has 2 unspecified atom stereocenters. The summed E-state index contributed by atoms with van der Waals surface area (Å²) in [6, 6.07) is 72.6. The summed E-state index contributed by atoms with van der Waals surface area (Å²) in [6.07, 6.45) is 10.6. The number of nitrogens with zero attached hydrogens (tertiary/aromatic N) is 4. The highest BCUT2D eigenvalue weighted by atomic mass is 14.9. The molecule has 0 spiro atoms. The zero-order valence-corrected chi connectivity index (χ0v) is 58.7. The predicted molar refractivity (Wildman–Crippen MR) is 404 cm³/mol. The van der Waals surface area contributed by atoms with Crippen molar-refractivity contribution in [2.24, 2.45) is 28.2 Å². The molecular weight excluding hydrogens is 1150 g/mol. The molecule has 0 radical (unpaired) electrons. The summed E-state index contributed by atoms with van der Waals surface area (Å²) >= 11 is 0. The highest BCUT2D eigenvalue weighted by Gasteiger charge is 2.19. The average molecular weight is 1260 g/mol. The number of hydrogen-bond acceptors (Lipinski definition) is 0. The van der Waals surface area contributed by atoms with Crippen LogP contribution in [0.15, 0.2) is 237 Å². The molecule has 4 nitrogen and oxygen atoms in total. The lowest BCUT2D eigenvalue weighted by Crippen LogP contribution is -2.30. The molecule has 0 bridgehead atoms. The first kappa shape index (κ1) is 55.8. The Morgan fingerprint density at radius 1 is 0.316 bits per heavy atom. The van der Waals surface area contributed by atoms with Gasteiger partial charge in [-0.1, -0.05) is 192 Å². The molecule has 0 aliphatic rings. The third-order valence-electron chi connectivity index (χ3n) is 18.0. The summed E-state index contributed by atoms with van der Waals surface area (Å²) < 4.78 is 96.0. The molecule has 0 aliphatic heterocycles. The first-order valence-electron chi connectivity index (χ1n) is 38.5. The van der Waals surface area contributed by atoms with Crippen molar-refractivity contribution in [3.8, 4) is 89.5 Å². The lowest BCUT2D eigenvalue weighted by Gasteiger charge is -2.14. The van der Waals surface area contributed by atoms with Gasteiger partial charge in [-0.15, -0.1) is 0 Å². The van der Waals surface area contributed by atoms with E-state index in [1.807, 2.05) is 100 Å². The van der Waals surface area contributed by atoms with Crippen LogP contribution in [0, 0.1) is 62.2 Å². The van der Waals surface area contributed by atoms with Gasteiger partial charge in [-0.05, 0) is 219 Å². The molecule has 0 saturated heterocycles. The first-order valence-corrected chi connectivity index (χ1v) is 33.0. The SMILES string of the molecule is CCc1cc(CC)cc(-c2ccc(-c3ccccc3C)[n+](C)c2)c1.Cc1cc(C)cc(-c2ccc(-c3ccccc3C)[n+](C)c2)c1.[2H]C([2H])([2H])C([2H])(C)c1cc(-c2ccc(-c3ccccc3C)[n+](C)c2)cc(C([2H])(C)C([2H])([2H])[2H])c1.[2H]C([2H])([2H])c1c(C)cc(-c2ccc(-c3ccccc3C)[n+](C)c2)cc1C. The molecule has 0 saturated carbocycles. The molecule has 12 rings (SSSR count). The van der Waals surface area contributed by atoms with E-state index in [0.29, 0.717) is 11.1 Å². The van der Waals surface area contributed by atoms with E-state index in [1.165, 1.54) is 109 Å². The van der Waals surface area contributed by atoms with Crippen molar-refractivity contribution in [1.29, 1.82) is 0 Å². The van der Waals surface area contributed by atoms with Crippen LogP contribution in [0.3, 0.4) is 0 Å². The van der Waals surface area contributed by atoms with Crippen molar-refractivity contribution in [2.75, 3.05) is 0 Å². The van der Waals surface area contributed by atoms with Gasteiger partial charge in [0.05, 0.1) is 0 Å². The fourth-order valence-electron chi connectivity index (χ4n) is 12.5. The van der Waals surface area contributed by atoms with Gasteiger partial charge in [-0.2, -0.15) is 0 Å². The van der Waals surface area contributed by atoms with Gasteiger partial charge >= 0.3 is 0 Å². The number of aromatic nitrogens is 4. The van der Waals surface area contributed by atoms with Crippen molar-refractivity contribution in [1.82, 2.24) is 0 Å². The van der Waals surface area contributed by atoms with E-state index in [9.17, 15) is 0 Å². The number of benzene rings is 8. The van der Waals surface area contributed by atoms with E-state index in [-0.39, 0.29) is 11.1 Å². The fourth-order valence-corrected chi connectivity index (χ4v) is 12.5. The van der Waals surface area contributed by atoms with E-state index in [1.54, 1.807) is 12.1 Å². The average Bonchev–Trinajstić information content (AvgIpc) is 0.759. The second kappa shape index (κ2) is 31.5. The standard InChI is InChI=1S/C25H30N.C23H26N.C22H24N.C21H22N/c1-17(2)21-13-22(18(3)4)15-23(14-21)20-11-12-25(26(6)16-20)24-10-8-7-9-19(24)5;1-5-18-13-19(6-2)15-21(14-18)20-11-12-23(24(4)16-20)22-10-8-7-9-17(22)3;1-15-8-6-7-9-21(15)22-11-10-19(14-23(22)5)20-12-16(2)18(4)17(3)13-20;1-15-11-16(2)13-19(12-15)18-9-10-21(22(4)14-18)20-8-6-5-7-17(20)3/h7-18H,1-6H3;7-16H,5-6H2,1-4H3;6-14H,1-5H3;5-14H,1-4H3/q4*+1/i1D3,3D3,17D,18D;;4D3;. The predicted octanol–water partition coefficient (Wildman–Crippen LogP) is 21.5. The van der Waals surface area contributed by atoms with Gasteiger partial charge < -0.3 is 0 Å². The normalized spacial score (nSPS) is 14.3. The third kappa shape index (κ3) is 17.2. The van der Waals surface area contributed by atoms with Crippen molar-refractivity contribution >= 4 is 0 Å². The second-order valence-electron chi connectivity index (χ2n) is 25.6. The highest BCUT2D eigenvalue weighted by Crippen LogP contribution is 2.33. The van der Waals surface area contributed by atoms with Gasteiger partial charge in [0, 0.05) is 83.9 Å². The molecule has 12 aromatic rings. The molecule has 0 fully saturated rings. The Morgan fingerprint density at radius 2 is 0.611 bits per heavy atom. The highest BCUT2D eigenvalue weighted by molar-refractivity contribution is 5.72. The van der Waals surface area contributed by atoms with Crippen LogP contribution in [0.5, 0.6) is 0 Å². The van der Waals surface area contributed by atoms with Gasteiger partial charge in [-0.25, -0.2) is 18.3 Å². The van der Waals surface area contributed by atoms with Crippen LogP contribution in [0.2, 0.25) is 0 Å². The molecule has 4 aromatic heterocycles. The number of rotatable bonds is 12. The summed E-state index contributed by atoms with van der Waals surface area (Å²) in [5.41, 5.74) is 30.8. The minimum atomic E-state index is -2.64. The smallest absolute Gasteiger partial charge is 0.200 e. The third-order valence-corrected chi connectivity index (χ3v) is 18.0. The maximum atomic E-state index is 8.58. The lowest BCUT2D eigenvalue weighted by atomic mass is 9.91. The van der Waals surface area contributed by atoms with Crippen LogP contribution in [0.4, 0.5) is 0 Å². The van der Waals surface area contributed by atoms with E-state index >= 15 is 0 Å². The maximum Gasteiger partial charge on any atom is 0.212 e. The lowest BCUT2D eigenvalue weighted by molar-refractivity contribution is -0.660. The van der Waals surface area contributed by atoms with E-state index < -0.39 is 32.3 Å². The van der Waals surface area contributed by atoms with Crippen LogP contribution < -0.4 is 18.3 Å². The monoisotopic (exact) mass is 1260 g/mol. The Kier molecular flexibility index (Phi) is 18.5. The van der Waals surface area contributed by atoms with Crippen LogP contribution in [-0.2, 0) is 41.0 Å². The topological polar surface area (TPSA) is 15.5 Å². The molecule has 4 heterocycles. The van der Waals surface area contributed by atoms with Gasteiger partial charge in [0.2, 0.25) is 22.8 Å². The van der Waals surface area contributed by atoms with Gasteiger partial charge in [0.1, 0.15) is 28.2 Å². The Morgan fingerprint density at radius 3 is 0.895 bits per heavy atom. The van der Waals surface area contributed by atoms with Crippen molar-refractivity contribution in [3.05, 3.63) is 309 Å². The van der Waals surface area contributed by atoms with Crippen LogP contribution >= 0.6 is 0 Å². The molecule has 0 aliphatic carbocycles. The van der Waals surface area contributed by atoms with Gasteiger partial charge in [0.25, 0.3) is 0 Å². The summed E-state index contributed by atoms with van der Waals surface area (Å²) in [4.78, 5) is 0. The van der Waals surface area contributed by atoms with E-state index in [0.717, 1.165) is 63.2 Å². The fraction of sp³-hybridized carbons (Fsp3) is 0.253. The Hall–Kier alpha value is -9.64. The molecule has 2 atom stereocenters. The second-order valence-corrected chi connectivity index (χ2v) is 25.6. The van der Waals surface area contributed by atoms with Crippen molar-refractivity contribution < 1.29 is 33.3 Å². The van der Waals surface area contributed by atoms with Crippen LogP contribution in [0.1, 0.15) is 141 Å². The maximum absolute atomic E-state index is 8.58. The molecule has 0 amide bonds. The molecule has 482 valence electrons. The van der Waals surface area contributed by atoms with E-state index in [4.69, 9.17) is 15.1 Å². The summed E-state index contributed by atoms with van der Waals surface area (Å²) in [7, 11) is 8.20. The minimum Gasteiger partial charge on any atom is -0.200 e. The Labute approximate surface area is 586 Å². The van der Waals surface area contributed by atoms with Gasteiger partial charge in [0.15, 0.2) is 24.8 Å². The minimum absolute atomic E-state index is 0.147. The number of aryl methyl sites for hydroxylation is 14. The largest absolute Gasteiger partial charge is 0.212 e. The molecular formula is C91H102N4+4. The zero-order valence-electron chi connectivity index (χ0n) is 69.7. The summed E-state index contributed by atoms with van der Waals surface area (Å²) in [5, 5.41) is 0. The molecule has 0 N–H and O–H groups in total. The van der Waals surface area contributed by atoms with Crippen LogP contribution in [-0.4, -0.2) is 0 Å². The summed E-state index contributed by atoms with van der Waals surface area (Å²) in [6.45, 7) is 16.2. The molecule has 95 heavy (non-hydrogen) atoms. The van der Waals surface area contributed by atoms with Crippen molar-refractivity contribution in [3.63, 3.8) is 0 Å². The van der Waals surface area contributed by atoms with Gasteiger partial charge in [-0.3, -0.25) is 0 Å². The molecule has 4 heteroatoms. The Balaban J connectivity index is 0.000000166. The van der Waals surface area contributed by atoms with E-state index in [2.05, 4.69) is 234 Å². The summed E-state index contributed by atoms with van der Waals surface area (Å²) in [5.74, 6) is -3.96. The molecule has 8 aromatic carbocycles. The number of hydrogen-bond donors (Lipinski definition) is 0. The first-order chi connectivity index (χ1) is 49.8. The van der Waals surface area contributed by atoms with Crippen molar-refractivity contribution in [2.45, 2.75) is 128 Å². The quantitative estimate of drug-likeness (QED) is 0.108. The Bertz CT molecular complexity index is 5050.